The van der Waals surface area contributed by atoms with Gasteiger partial charge in [-0.25, -0.2) is 8.42 Å². The maximum absolute atomic E-state index is 13.1. The molecular weight excluding hydrogens is 448 g/mol. The fourth-order valence-electron chi connectivity index (χ4n) is 4.38. The number of hydrogen-bond donors (Lipinski definition) is 1. The fourth-order valence-corrected chi connectivity index (χ4v) is 6.10. The van der Waals surface area contributed by atoms with Crippen LogP contribution in [0.3, 0.4) is 0 Å². The number of carbonyl (C=O) groups is 2. The van der Waals surface area contributed by atoms with E-state index in [9.17, 15) is 28.1 Å². The van der Waals surface area contributed by atoms with Crippen LogP contribution in [0.15, 0.2) is 23.1 Å². The highest BCUT2D eigenvalue weighted by Crippen LogP contribution is 2.29. The number of likely N-dealkylation sites (tertiary alicyclic amines) is 1. The summed E-state index contributed by atoms with van der Waals surface area (Å²) in [6.07, 6.45) is 2.44. The van der Waals surface area contributed by atoms with Crippen molar-refractivity contribution < 1.29 is 22.9 Å². The number of hydrogen-bond acceptors (Lipinski definition) is 6. The van der Waals surface area contributed by atoms with E-state index in [1.54, 1.807) is 11.8 Å². The Bertz CT molecular complexity index is 1020. The topological polar surface area (TPSA) is 130 Å². The van der Waals surface area contributed by atoms with Gasteiger partial charge in [-0.05, 0) is 38.2 Å². The summed E-state index contributed by atoms with van der Waals surface area (Å²) in [7, 11) is -3.90. The van der Waals surface area contributed by atoms with Gasteiger partial charge < -0.3 is 10.2 Å². The van der Waals surface area contributed by atoms with Gasteiger partial charge in [-0.2, -0.15) is 4.31 Å². The van der Waals surface area contributed by atoms with Crippen molar-refractivity contribution >= 4 is 27.5 Å². The third-order valence-corrected chi connectivity index (χ3v) is 8.45. The highest BCUT2D eigenvalue weighted by atomic mass is 32.2. The zero-order chi connectivity index (χ0) is 24.3. The third-order valence-electron chi connectivity index (χ3n) is 6.41. The molecule has 182 valence electrons. The minimum absolute atomic E-state index is 0.00192. The number of benzene rings is 1. The number of piperidine rings is 2. The standard InChI is InChI=1S/C22H32N4O6S/c1-15(2)21(27)23-18-5-4-10-24(14-18)22(28)17-8-11-25(12-9-17)33(31,32)20-13-19(26(29)30)7-6-16(20)3/h6-7,13,15,17-18H,4-5,8-12,14H2,1-3H3,(H,23,27). The molecule has 2 saturated heterocycles. The van der Waals surface area contributed by atoms with E-state index in [1.165, 1.54) is 16.4 Å². The molecule has 2 amide bonds. The van der Waals surface area contributed by atoms with Crippen LogP contribution in [0.2, 0.25) is 0 Å². The van der Waals surface area contributed by atoms with Crippen LogP contribution in [0.5, 0.6) is 0 Å². The van der Waals surface area contributed by atoms with Gasteiger partial charge in [0.2, 0.25) is 21.8 Å². The summed E-state index contributed by atoms with van der Waals surface area (Å²) in [6.45, 7) is 6.75. The van der Waals surface area contributed by atoms with Gasteiger partial charge in [0.15, 0.2) is 0 Å². The molecule has 1 N–H and O–H groups in total. The second-order valence-corrected chi connectivity index (χ2v) is 11.1. The first-order chi connectivity index (χ1) is 15.5. The Hall–Kier alpha value is -2.53. The van der Waals surface area contributed by atoms with E-state index >= 15 is 0 Å². The molecule has 1 aromatic carbocycles. The SMILES string of the molecule is Cc1ccc([N+](=O)[O-])cc1S(=O)(=O)N1CCC(C(=O)N2CCCC(NC(=O)C(C)C)C2)CC1. The number of rotatable bonds is 6. The zero-order valence-corrected chi connectivity index (χ0v) is 20.1. The molecule has 1 unspecified atom stereocenters. The number of non-ortho nitro benzene ring substituents is 1. The largest absolute Gasteiger partial charge is 0.351 e. The number of carbonyl (C=O) groups excluding carboxylic acids is 2. The molecule has 3 rings (SSSR count). The molecule has 2 heterocycles. The minimum Gasteiger partial charge on any atom is -0.351 e. The predicted octanol–water partition coefficient (Wildman–Crippen LogP) is 2.07. The Kier molecular flexibility index (Phi) is 7.73. The van der Waals surface area contributed by atoms with E-state index < -0.39 is 14.9 Å². The van der Waals surface area contributed by atoms with Crippen molar-refractivity contribution in [3.63, 3.8) is 0 Å². The second-order valence-electron chi connectivity index (χ2n) is 9.17. The van der Waals surface area contributed by atoms with E-state index in [1.807, 2.05) is 13.8 Å². The molecular formula is C22H32N4O6S. The van der Waals surface area contributed by atoms with E-state index in [4.69, 9.17) is 0 Å². The molecule has 11 heteroatoms. The molecule has 1 aromatic rings. The molecule has 33 heavy (non-hydrogen) atoms. The van der Waals surface area contributed by atoms with Crippen LogP contribution in [0.25, 0.3) is 0 Å². The first kappa shape index (κ1) is 25.1. The Balaban J connectivity index is 1.62. The average molecular weight is 481 g/mol. The van der Waals surface area contributed by atoms with Gasteiger partial charge in [-0.1, -0.05) is 19.9 Å². The van der Waals surface area contributed by atoms with Gasteiger partial charge in [-0.3, -0.25) is 19.7 Å². The lowest BCUT2D eigenvalue weighted by atomic mass is 9.94. The molecule has 0 aliphatic carbocycles. The maximum Gasteiger partial charge on any atom is 0.270 e. The summed E-state index contributed by atoms with van der Waals surface area (Å²) in [6, 6.07) is 3.76. The summed E-state index contributed by atoms with van der Waals surface area (Å²) in [5.74, 6) is -0.412. The van der Waals surface area contributed by atoms with Crippen molar-refractivity contribution in [1.82, 2.24) is 14.5 Å². The number of nitro benzene ring substituents is 1. The number of nitrogens with zero attached hydrogens (tertiary/aromatic N) is 3. The number of nitrogens with one attached hydrogen (secondary N) is 1. The molecule has 2 aliphatic rings. The lowest BCUT2D eigenvalue weighted by Gasteiger charge is -2.38. The number of amides is 2. The van der Waals surface area contributed by atoms with Crippen molar-refractivity contribution in [2.75, 3.05) is 26.2 Å². The molecule has 2 fully saturated rings. The number of nitro groups is 1. The van der Waals surface area contributed by atoms with Crippen molar-refractivity contribution in [3.05, 3.63) is 33.9 Å². The highest BCUT2D eigenvalue weighted by molar-refractivity contribution is 7.89. The predicted molar refractivity (Wildman–Crippen MR) is 122 cm³/mol. The highest BCUT2D eigenvalue weighted by Gasteiger charge is 2.36. The van der Waals surface area contributed by atoms with Gasteiger partial charge in [0.25, 0.3) is 5.69 Å². The summed E-state index contributed by atoms with van der Waals surface area (Å²) >= 11 is 0. The van der Waals surface area contributed by atoms with Crippen LogP contribution in [-0.4, -0.2) is 66.6 Å². The van der Waals surface area contributed by atoms with Gasteiger partial charge in [0.05, 0.1) is 9.82 Å². The first-order valence-corrected chi connectivity index (χ1v) is 12.8. The van der Waals surface area contributed by atoms with E-state index in [0.29, 0.717) is 31.5 Å². The van der Waals surface area contributed by atoms with Gasteiger partial charge in [0, 0.05) is 56.2 Å². The van der Waals surface area contributed by atoms with E-state index in [2.05, 4.69) is 5.32 Å². The summed E-state index contributed by atoms with van der Waals surface area (Å²) in [5.41, 5.74) is 0.176. The van der Waals surface area contributed by atoms with Crippen molar-refractivity contribution in [1.29, 1.82) is 0 Å². The molecule has 10 nitrogen and oxygen atoms in total. The van der Waals surface area contributed by atoms with Crippen LogP contribution in [0.1, 0.15) is 45.1 Å². The molecule has 0 aromatic heterocycles. The second kappa shape index (κ2) is 10.2. The number of aryl methyl sites for hydroxylation is 1. The van der Waals surface area contributed by atoms with Crippen LogP contribution in [0, 0.1) is 28.9 Å². The Morgan fingerprint density at radius 2 is 1.82 bits per heavy atom. The Morgan fingerprint density at radius 3 is 2.42 bits per heavy atom. The summed E-state index contributed by atoms with van der Waals surface area (Å²) < 4.78 is 27.6. The maximum atomic E-state index is 13.1. The summed E-state index contributed by atoms with van der Waals surface area (Å²) in [4.78, 5) is 37.3. The third kappa shape index (κ3) is 5.70. The van der Waals surface area contributed by atoms with Gasteiger partial charge in [-0.15, -0.1) is 0 Å². The molecule has 0 saturated carbocycles. The lowest BCUT2D eigenvalue weighted by molar-refractivity contribution is -0.385. The monoisotopic (exact) mass is 480 g/mol. The molecule has 0 spiro atoms. The number of sulfonamides is 1. The van der Waals surface area contributed by atoms with Crippen LogP contribution >= 0.6 is 0 Å². The fraction of sp³-hybridized carbons (Fsp3) is 0.636. The van der Waals surface area contributed by atoms with Crippen molar-refractivity contribution in [2.45, 2.75) is 57.4 Å². The summed E-state index contributed by atoms with van der Waals surface area (Å²) in [5, 5.41) is 14.1. The normalized spacial score (nSPS) is 20.6. The van der Waals surface area contributed by atoms with Gasteiger partial charge in [0.1, 0.15) is 0 Å². The molecule has 0 bridgehead atoms. The van der Waals surface area contributed by atoms with Crippen LogP contribution < -0.4 is 5.32 Å². The van der Waals surface area contributed by atoms with Crippen LogP contribution in [0.4, 0.5) is 5.69 Å². The quantitative estimate of drug-likeness (QED) is 0.490. The van der Waals surface area contributed by atoms with Crippen molar-refractivity contribution in [3.8, 4) is 0 Å². The van der Waals surface area contributed by atoms with E-state index in [0.717, 1.165) is 18.9 Å². The van der Waals surface area contributed by atoms with Crippen LogP contribution in [-0.2, 0) is 19.6 Å². The molecule has 1 atom stereocenters. The minimum atomic E-state index is -3.90. The average Bonchev–Trinajstić information content (AvgIpc) is 2.78. The van der Waals surface area contributed by atoms with Gasteiger partial charge >= 0.3 is 0 Å². The van der Waals surface area contributed by atoms with E-state index in [-0.39, 0.29) is 53.4 Å². The Labute approximate surface area is 194 Å². The lowest BCUT2D eigenvalue weighted by Crippen LogP contribution is -2.52. The van der Waals surface area contributed by atoms with Crippen molar-refractivity contribution in [2.24, 2.45) is 11.8 Å². The zero-order valence-electron chi connectivity index (χ0n) is 19.3. The first-order valence-electron chi connectivity index (χ1n) is 11.3. The molecule has 2 aliphatic heterocycles. The molecule has 0 radical (unpaired) electrons. The smallest absolute Gasteiger partial charge is 0.270 e. The Morgan fingerprint density at radius 1 is 1.15 bits per heavy atom.